The van der Waals surface area contributed by atoms with Crippen molar-refractivity contribution < 1.29 is 9.53 Å². The van der Waals surface area contributed by atoms with Gasteiger partial charge in [-0.15, -0.1) is 0 Å². The Kier molecular flexibility index (Phi) is 5.82. The second-order valence-electron chi connectivity index (χ2n) is 6.00. The summed E-state index contributed by atoms with van der Waals surface area (Å²) < 4.78 is 7.98. The molecule has 136 valence electrons. The predicted octanol–water partition coefficient (Wildman–Crippen LogP) is 5.01. The van der Waals surface area contributed by atoms with E-state index in [9.17, 15) is 4.79 Å². The van der Waals surface area contributed by atoms with E-state index in [4.69, 9.17) is 27.9 Å². The summed E-state index contributed by atoms with van der Waals surface area (Å²) in [5.74, 6) is -0.272. The first-order valence-corrected chi connectivity index (χ1v) is 9.61. The summed E-state index contributed by atoms with van der Waals surface area (Å²) in [6.45, 7) is 4.88. The highest BCUT2D eigenvalue weighted by molar-refractivity contribution is 7.16. The van der Waals surface area contributed by atoms with Gasteiger partial charge in [0.2, 0.25) is 0 Å². The van der Waals surface area contributed by atoms with Crippen molar-refractivity contribution in [3.05, 3.63) is 61.9 Å². The molecule has 0 unspecified atom stereocenters. The predicted molar refractivity (Wildman–Crippen MR) is 108 cm³/mol. The summed E-state index contributed by atoms with van der Waals surface area (Å²) in [6.07, 6.45) is 0. The number of methoxy groups -OCH3 is 1. The summed E-state index contributed by atoms with van der Waals surface area (Å²) >= 11 is 13.9. The second-order valence-corrected chi connectivity index (χ2v) is 7.85. The zero-order chi connectivity index (χ0) is 18.8. The molecule has 7 heteroatoms. The number of carbonyl (C=O) groups excluding carboxylic acids is 1. The molecule has 0 aliphatic heterocycles. The van der Waals surface area contributed by atoms with Crippen LogP contribution in [0.4, 0.5) is 0 Å². The molecule has 4 nitrogen and oxygen atoms in total. The third-order valence-corrected chi connectivity index (χ3v) is 5.57. The third kappa shape index (κ3) is 3.86. The molecule has 3 aromatic rings. The van der Waals surface area contributed by atoms with Gasteiger partial charge in [0.25, 0.3) is 5.91 Å². The minimum absolute atomic E-state index is 0.272. The number of hydrogen-bond acceptors (Lipinski definition) is 3. The summed E-state index contributed by atoms with van der Waals surface area (Å²) in [5, 5.41) is 1.08. The Bertz CT molecular complexity index is 1050. The van der Waals surface area contributed by atoms with Crippen LogP contribution < -0.4 is 4.80 Å². The molecule has 0 atom stereocenters. The molecule has 3 rings (SSSR count). The molecular formula is C19H18Cl2N2O2S. The number of nitrogens with zero attached hydrogens (tertiary/aromatic N) is 2. The molecule has 0 aliphatic carbocycles. The maximum Gasteiger partial charge on any atom is 0.279 e. The molecule has 0 N–H and O–H groups in total. The van der Waals surface area contributed by atoms with Crippen LogP contribution in [0.25, 0.3) is 10.2 Å². The maximum absolute atomic E-state index is 12.8. The second kappa shape index (κ2) is 7.92. The summed E-state index contributed by atoms with van der Waals surface area (Å²) in [6, 6.07) is 9.29. The fourth-order valence-electron chi connectivity index (χ4n) is 2.72. The zero-order valence-electron chi connectivity index (χ0n) is 14.7. The normalized spacial score (nSPS) is 12.1. The van der Waals surface area contributed by atoms with Crippen molar-refractivity contribution in [1.82, 2.24) is 4.57 Å². The Morgan fingerprint density at radius 2 is 2.00 bits per heavy atom. The number of amides is 1. The Morgan fingerprint density at radius 1 is 1.23 bits per heavy atom. The fraction of sp³-hybridized carbons (Fsp3) is 0.263. The van der Waals surface area contributed by atoms with Gasteiger partial charge in [-0.1, -0.05) is 52.2 Å². The molecule has 1 amide bonds. The number of aromatic nitrogens is 1. The van der Waals surface area contributed by atoms with Crippen LogP contribution in [-0.4, -0.2) is 24.2 Å². The molecule has 0 fully saturated rings. The van der Waals surface area contributed by atoms with Gasteiger partial charge in [0.15, 0.2) is 4.80 Å². The summed E-state index contributed by atoms with van der Waals surface area (Å²) in [5.41, 5.74) is 3.33. The SMILES string of the molecule is COCCn1c(=NC(=O)c2cc(C)ccc2C)sc2cc(Cl)cc(Cl)c21. The van der Waals surface area contributed by atoms with E-state index in [1.165, 1.54) is 11.3 Å². The Balaban J connectivity index is 2.19. The quantitative estimate of drug-likeness (QED) is 0.608. The van der Waals surface area contributed by atoms with E-state index in [1.807, 2.05) is 42.7 Å². The van der Waals surface area contributed by atoms with Crippen LogP contribution in [0.5, 0.6) is 0 Å². The number of carbonyl (C=O) groups is 1. The van der Waals surface area contributed by atoms with Crippen molar-refractivity contribution >= 4 is 50.7 Å². The first-order valence-electron chi connectivity index (χ1n) is 8.04. The van der Waals surface area contributed by atoms with E-state index in [-0.39, 0.29) is 5.91 Å². The largest absolute Gasteiger partial charge is 0.383 e. The van der Waals surface area contributed by atoms with E-state index in [0.717, 1.165) is 21.3 Å². The van der Waals surface area contributed by atoms with Gasteiger partial charge in [-0.3, -0.25) is 4.79 Å². The van der Waals surface area contributed by atoms with Crippen molar-refractivity contribution in [3.8, 4) is 0 Å². The topological polar surface area (TPSA) is 43.6 Å². The molecule has 0 spiro atoms. The van der Waals surface area contributed by atoms with Gasteiger partial charge in [-0.05, 0) is 37.6 Å². The zero-order valence-corrected chi connectivity index (χ0v) is 17.0. The van der Waals surface area contributed by atoms with Crippen LogP contribution in [0, 0.1) is 13.8 Å². The van der Waals surface area contributed by atoms with E-state index >= 15 is 0 Å². The van der Waals surface area contributed by atoms with Gasteiger partial charge in [0.1, 0.15) is 0 Å². The smallest absolute Gasteiger partial charge is 0.279 e. The standard InChI is InChI=1S/C19H18Cl2N2O2S/c1-11-4-5-12(2)14(8-11)18(24)22-19-23(6-7-25-3)17-15(21)9-13(20)10-16(17)26-19/h4-5,8-10H,6-7H2,1-3H3. The average Bonchev–Trinajstić information content (AvgIpc) is 2.92. The molecule has 0 bridgehead atoms. The van der Waals surface area contributed by atoms with Crippen molar-refractivity contribution in [2.75, 3.05) is 13.7 Å². The molecule has 0 saturated heterocycles. The van der Waals surface area contributed by atoms with Gasteiger partial charge in [-0.25, -0.2) is 0 Å². The summed E-state index contributed by atoms with van der Waals surface area (Å²) in [7, 11) is 1.63. The van der Waals surface area contributed by atoms with E-state index < -0.39 is 0 Å². The van der Waals surface area contributed by atoms with Crippen LogP contribution in [0.15, 0.2) is 35.3 Å². The number of halogens is 2. The fourth-order valence-corrected chi connectivity index (χ4v) is 4.55. The van der Waals surface area contributed by atoms with Gasteiger partial charge in [0, 0.05) is 24.2 Å². The van der Waals surface area contributed by atoms with Crippen molar-refractivity contribution in [1.29, 1.82) is 0 Å². The third-order valence-electron chi connectivity index (χ3n) is 4.03. The van der Waals surface area contributed by atoms with Crippen LogP contribution in [-0.2, 0) is 11.3 Å². The minimum atomic E-state index is -0.272. The Morgan fingerprint density at radius 3 is 2.73 bits per heavy atom. The molecule has 26 heavy (non-hydrogen) atoms. The highest BCUT2D eigenvalue weighted by Crippen LogP contribution is 2.29. The maximum atomic E-state index is 12.8. The molecule has 2 aromatic carbocycles. The molecular weight excluding hydrogens is 391 g/mol. The van der Waals surface area contributed by atoms with Gasteiger partial charge in [-0.2, -0.15) is 4.99 Å². The lowest BCUT2D eigenvalue weighted by molar-refractivity contribution is 0.0996. The van der Waals surface area contributed by atoms with Crippen molar-refractivity contribution in [3.63, 3.8) is 0 Å². The van der Waals surface area contributed by atoms with Crippen LogP contribution in [0.1, 0.15) is 21.5 Å². The first-order chi connectivity index (χ1) is 12.4. The van der Waals surface area contributed by atoms with Gasteiger partial charge in [0.05, 0.1) is 21.8 Å². The lowest BCUT2D eigenvalue weighted by Crippen LogP contribution is -2.19. The molecule has 0 saturated carbocycles. The number of benzene rings is 2. The highest BCUT2D eigenvalue weighted by Gasteiger charge is 2.14. The monoisotopic (exact) mass is 408 g/mol. The summed E-state index contributed by atoms with van der Waals surface area (Å²) in [4.78, 5) is 17.7. The van der Waals surface area contributed by atoms with Crippen molar-refractivity contribution in [2.24, 2.45) is 4.99 Å². The van der Waals surface area contributed by atoms with E-state index in [1.54, 1.807) is 13.2 Å². The lowest BCUT2D eigenvalue weighted by atomic mass is 10.1. The Labute approximate surface area is 165 Å². The molecule has 1 heterocycles. The van der Waals surface area contributed by atoms with E-state index in [0.29, 0.717) is 33.6 Å². The van der Waals surface area contributed by atoms with Crippen LogP contribution in [0.2, 0.25) is 10.0 Å². The molecule has 1 aromatic heterocycles. The number of hydrogen-bond donors (Lipinski definition) is 0. The number of rotatable bonds is 4. The molecule has 0 aliphatic rings. The number of aryl methyl sites for hydroxylation is 2. The Hall–Kier alpha value is -1.66. The van der Waals surface area contributed by atoms with Gasteiger partial charge < -0.3 is 9.30 Å². The van der Waals surface area contributed by atoms with E-state index in [2.05, 4.69) is 4.99 Å². The number of ether oxygens (including phenoxy) is 1. The van der Waals surface area contributed by atoms with Crippen LogP contribution >= 0.6 is 34.5 Å². The van der Waals surface area contributed by atoms with Gasteiger partial charge >= 0.3 is 0 Å². The highest BCUT2D eigenvalue weighted by atomic mass is 35.5. The lowest BCUT2D eigenvalue weighted by Gasteiger charge is -2.06. The number of thiazole rings is 1. The minimum Gasteiger partial charge on any atom is -0.383 e. The average molecular weight is 409 g/mol. The number of fused-ring (bicyclic) bond motifs is 1. The molecule has 0 radical (unpaired) electrons. The van der Waals surface area contributed by atoms with Crippen LogP contribution in [0.3, 0.4) is 0 Å². The van der Waals surface area contributed by atoms with Crippen molar-refractivity contribution in [2.45, 2.75) is 20.4 Å². The first kappa shape index (κ1) is 19.1.